The van der Waals surface area contributed by atoms with Crippen LogP contribution in [-0.4, -0.2) is 26.6 Å². The lowest BCUT2D eigenvalue weighted by Crippen LogP contribution is -2.23. The first-order chi connectivity index (χ1) is 12.1. The van der Waals surface area contributed by atoms with E-state index in [1.165, 1.54) is 21.9 Å². The highest BCUT2D eigenvalue weighted by Gasteiger charge is 2.17. The molecule has 1 aromatic rings. The summed E-state index contributed by atoms with van der Waals surface area (Å²) in [6, 6.07) is 17.2. The zero-order valence-corrected chi connectivity index (χ0v) is 15.4. The monoisotopic (exact) mass is 338 g/mol. The molecule has 2 aliphatic carbocycles. The van der Waals surface area contributed by atoms with E-state index in [1.54, 1.807) is 7.11 Å². The Morgan fingerprint density at radius 2 is 1.80 bits per heavy atom. The van der Waals surface area contributed by atoms with Crippen LogP contribution in [0.2, 0.25) is 0 Å². The lowest BCUT2D eigenvalue weighted by Gasteiger charge is -2.16. The van der Waals surface area contributed by atoms with Crippen LogP contribution < -0.4 is 4.74 Å². The van der Waals surface area contributed by atoms with E-state index >= 15 is 0 Å². The van der Waals surface area contributed by atoms with E-state index in [1.807, 2.05) is 6.92 Å². The van der Waals surface area contributed by atoms with Crippen LogP contribution in [0.3, 0.4) is 0 Å². The van der Waals surface area contributed by atoms with Crippen LogP contribution >= 0.6 is 0 Å². The summed E-state index contributed by atoms with van der Waals surface area (Å²) in [4.78, 5) is 0. The van der Waals surface area contributed by atoms with E-state index in [2.05, 4.69) is 62.4 Å². The van der Waals surface area contributed by atoms with Crippen molar-refractivity contribution in [1.82, 2.24) is 0 Å². The van der Waals surface area contributed by atoms with Crippen molar-refractivity contribution in [2.75, 3.05) is 20.3 Å². The molecule has 0 heterocycles. The summed E-state index contributed by atoms with van der Waals surface area (Å²) < 4.78 is 17.0. The summed E-state index contributed by atoms with van der Waals surface area (Å²) in [5.74, 6) is 1.32. The van der Waals surface area contributed by atoms with Gasteiger partial charge >= 0.3 is 0 Å². The van der Waals surface area contributed by atoms with Gasteiger partial charge in [-0.25, -0.2) is 0 Å². The summed E-state index contributed by atoms with van der Waals surface area (Å²) in [5, 5.41) is 2.44. The summed E-state index contributed by atoms with van der Waals surface area (Å²) in [6.07, 6.45) is -0.364. The fourth-order valence-electron chi connectivity index (χ4n) is 3.12. The number of benzene rings is 1. The van der Waals surface area contributed by atoms with Gasteiger partial charge in [-0.1, -0.05) is 50.2 Å². The predicted octanol–water partition coefficient (Wildman–Crippen LogP) is 5.46. The van der Waals surface area contributed by atoms with Gasteiger partial charge in [-0.3, -0.25) is 0 Å². The molecular formula is C22H26O3. The molecule has 2 aliphatic rings. The predicted molar refractivity (Wildman–Crippen MR) is 103 cm³/mol. The average Bonchev–Trinajstić information content (AvgIpc) is 2.87. The van der Waals surface area contributed by atoms with Crippen LogP contribution in [0.1, 0.15) is 32.3 Å². The number of ether oxygens (including phenoxy) is 3. The van der Waals surface area contributed by atoms with Crippen molar-refractivity contribution in [2.24, 2.45) is 0 Å². The molecule has 0 N–H and O–H groups in total. The first-order valence-electron chi connectivity index (χ1n) is 8.86. The van der Waals surface area contributed by atoms with Crippen molar-refractivity contribution in [3.8, 4) is 16.9 Å². The Bertz CT molecular complexity index is 810. The molecule has 3 heteroatoms. The van der Waals surface area contributed by atoms with Gasteiger partial charge in [-0.15, -0.1) is 0 Å². The third-order valence-corrected chi connectivity index (χ3v) is 4.48. The SMILES string of the molecule is CCOC(COc1ccc(C(C)C)cc2cc3ccccc3c1-2)OC. The molecule has 0 radical (unpaired) electrons. The van der Waals surface area contributed by atoms with Crippen LogP contribution in [0, 0.1) is 0 Å². The molecule has 0 aromatic heterocycles. The lowest BCUT2D eigenvalue weighted by atomic mass is 10.0. The van der Waals surface area contributed by atoms with Gasteiger partial charge in [0, 0.05) is 19.3 Å². The van der Waals surface area contributed by atoms with Gasteiger partial charge in [0.15, 0.2) is 6.29 Å². The molecule has 0 aliphatic heterocycles. The number of rotatable bonds is 7. The molecule has 1 aromatic carbocycles. The Kier molecular flexibility index (Phi) is 5.57. The standard InChI is InChI=1S/C22H26O3/c1-5-24-21(23-4)14-25-20-11-10-16(15(2)3)12-18-13-17-8-6-7-9-19(17)22(18)20/h6-13,15,21H,5,14H2,1-4H3. The smallest absolute Gasteiger partial charge is 0.191 e. The van der Waals surface area contributed by atoms with Crippen LogP contribution in [-0.2, 0) is 9.47 Å². The highest BCUT2D eigenvalue weighted by atomic mass is 16.7. The molecule has 0 saturated carbocycles. The first kappa shape index (κ1) is 17.7. The van der Waals surface area contributed by atoms with Crippen molar-refractivity contribution in [2.45, 2.75) is 33.0 Å². The molecule has 3 rings (SSSR count). The second kappa shape index (κ2) is 7.85. The molecule has 0 fully saturated rings. The maximum absolute atomic E-state index is 6.14. The Labute approximate surface area is 149 Å². The van der Waals surface area contributed by atoms with Gasteiger partial charge in [0.1, 0.15) is 12.4 Å². The van der Waals surface area contributed by atoms with Gasteiger partial charge in [0.05, 0.1) is 0 Å². The largest absolute Gasteiger partial charge is 0.488 e. The van der Waals surface area contributed by atoms with E-state index in [9.17, 15) is 0 Å². The molecule has 1 atom stereocenters. The highest BCUT2D eigenvalue weighted by molar-refractivity contribution is 6.04. The van der Waals surface area contributed by atoms with Crippen molar-refractivity contribution in [3.63, 3.8) is 0 Å². The fourth-order valence-corrected chi connectivity index (χ4v) is 3.12. The zero-order chi connectivity index (χ0) is 17.8. The second-order valence-electron chi connectivity index (χ2n) is 6.49. The van der Waals surface area contributed by atoms with E-state index in [0.717, 1.165) is 11.3 Å². The normalized spacial score (nSPS) is 12.8. The van der Waals surface area contributed by atoms with Crippen molar-refractivity contribution >= 4 is 10.8 Å². The topological polar surface area (TPSA) is 27.7 Å². The van der Waals surface area contributed by atoms with E-state index in [0.29, 0.717) is 19.1 Å². The molecule has 132 valence electrons. The molecule has 0 spiro atoms. The van der Waals surface area contributed by atoms with Crippen molar-refractivity contribution in [1.29, 1.82) is 0 Å². The van der Waals surface area contributed by atoms with E-state index in [-0.39, 0.29) is 6.29 Å². The number of hydrogen-bond donors (Lipinski definition) is 0. The summed E-state index contributed by atoms with van der Waals surface area (Å²) >= 11 is 0. The molecular weight excluding hydrogens is 312 g/mol. The quantitative estimate of drug-likeness (QED) is 0.536. The minimum atomic E-state index is -0.364. The van der Waals surface area contributed by atoms with Crippen LogP contribution in [0.15, 0.2) is 48.5 Å². The molecule has 3 nitrogen and oxygen atoms in total. The third kappa shape index (κ3) is 3.78. The minimum absolute atomic E-state index is 0.361. The zero-order valence-electron chi connectivity index (χ0n) is 15.4. The molecule has 25 heavy (non-hydrogen) atoms. The Morgan fingerprint density at radius 1 is 1.00 bits per heavy atom. The summed E-state index contributed by atoms with van der Waals surface area (Å²) in [6.45, 7) is 7.32. The maximum atomic E-state index is 6.14. The van der Waals surface area contributed by atoms with Gasteiger partial charge in [0.25, 0.3) is 0 Å². The van der Waals surface area contributed by atoms with Gasteiger partial charge < -0.3 is 14.2 Å². The van der Waals surface area contributed by atoms with Gasteiger partial charge in [0.2, 0.25) is 0 Å². The Morgan fingerprint density at radius 3 is 2.52 bits per heavy atom. The minimum Gasteiger partial charge on any atom is -0.488 e. The fraction of sp³-hybridized carbons (Fsp3) is 0.364. The summed E-state index contributed by atoms with van der Waals surface area (Å²) in [5.41, 5.74) is 3.65. The maximum Gasteiger partial charge on any atom is 0.191 e. The van der Waals surface area contributed by atoms with Gasteiger partial charge in [-0.2, -0.15) is 0 Å². The molecule has 0 saturated heterocycles. The lowest BCUT2D eigenvalue weighted by molar-refractivity contribution is -0.137. The number of hydrogen-bond acceptors (Lipinski definition) is 3. The van der Waals surface area contributed by atoms with E-state index in [4.69, 9.17) is 14.2 Å². The highest BCUT2D eigenvalue weighted by Crippen LogP contribution is 2.41. The first-order valence-corrected chi connectivity index (χ1v) is 8.86. The van der Waals surface area contributed by atoms with Gasteiger partial charge in [-0.05, 0) is 46.9 Å². The van der Waals surface area contributed by atoms with Crippen molar-refractivity contribution in [3.05, 3.63) is 54.1 Å². The van der Waals surface area contributed by atoms with E-state index < -0.39 is 0 Å². The molecule has 1 unspecified atom stereocenters. The third-order valence-electron chi connectivity index (χ3n) is 4.48. The van der Waals surface area contributed by atoms with Crippen LogP contribution in [0.5, 0.6) is 5.75 Å². The number of methoxy groups -OCH3 is 1. The molecule has 0 amide bonds. The van der Waals surface area contributed by atoms with Crippen molar-refractivity contribution < 1.29 is 14.2 Å². The van der Waals surface area contributed by atoms with Crippen LogP contribution in [0.4, 0.5) is 0 Å². The second-order valence-corrected chi connectivity index (χ2v) is 6.49. The average molecular weight is 338 g/mol. The summed E-state index contributed by atoms with van der Waals surface area (Å²) in [7, 11) is 1.64. The van der Waals surface area contributed by atoms with Crippen LogP contribution in [0.25, 0.3) is 21.9 Å². The Hall–Kier alpha value is -2.10. The Balaban J connectivity index is 2.06. The molecule has 0 bridgehead atoms. The number of fused-ring (bicyclic) bond motifs is 3.